The number of hydrogen-bond acceptors (Lipinski definition) is 5. The van der Waals surface area contributed by atoms with Gasteiger partial charge in [-0.2, -0.15) is 0 Å². The predicted octanol–water partition coefficient (Wildman–Crippen LogP) is 2.39. The number of hydrogen-bond donors (Lipinski definition) is 1. The van der Waals surface area contributed by atoms with Crippen LogP contribution in [0, 0.1) is 5.92 Å². The maximum atomic E-state index is 11.6. The third kappa shape index (κ3) is 3.49. The highest BCUT2D eigenvalue weighted by Gasteiger charge is 2.33. The summed E-state index contributed by atoms with van der Waals surface area (Å²) in [6.45, 7) is 0. The molecule has 0 amide bonds. The Bertz CT molecular complexity index is 521. The van der Waals surface area contributed by atoms with Crippen LogP contribution in [0.3, 0.4) is 0 Å². The molecule has 0 bridgehead atoms. The molecule has 19 heavy (non-hydrogen) atoms. The lowest BCUT2D eigenvalue weighted by Gasteiger charge is -2.30. The predicted molar refractivity (Wildman–Crippen MR) is 76.4 cm³/mol. The van der Waals surface area contributed by atoms with Gasteiger partial charge >= 0.3 is 0 Å². The van der Waals surface area contributed by atoms with E-state index in [1.165, 1.54) is 17.6 Å². The highest BCUT2D eigenvalue weighted by atomic mass is 32.2. The molecule has 1 aliphatic carbocycles. The van der Waals surface area contributed by atoms with Gasteiger partial charge in [-0.25, -0.2) is 8.42 Å². The molecule has 2 rings (SSSR count). The lowest BCUT2D eigenvalue weighted by molar-refractivity contribution is 0.0886. The Morgan fingerprint density at radius 2 is 2.21 bits per heavy atom. The second-order valence-electron chi connectivity index (χ2n) is 5.21. The Hall–Kier alpha value is -0.590. The van der Waals surface area contributed by atoms with Gasteiger partial charge in [0.05, 0.1) is 18.5 Å². The summed E-state index contributed by atoms with van der Waals surface area (Å²) in [5, 5.41) is 12.0. The minimum atomic E-state index is -3.01. The van der Waals surface area contributed by atoms with Gasteiger partial charge in [0.25, 0.3) is 0 Å². The third-order valence-electron chi connectivity index (χ3n) is 3.84. The number of rotatable bonds is 4. The van der Waals surface area contributed by atoms with Crippen LogP contribution in [0.2, 0.25) is 0 Å². The molecule has 0 saturated heterocycles. The fraction of sp³-hybridized carbons (Fsp3) is 0.692. The van der Waals surface area contributed by atoms with E-state index in [-0.39, 0.29) is 11.2 Å². The Morgan fingerprint density at radius 1 is 1.47 bits per heavy atom. The molecule has 0 aromatic carbocycles. The lowest BCUT2D eigenvalue weighted by Crippen LogP contribution is -2.30. The topological polar surface area (TPSA) is 63.6 Å². The summed E-state index contributed by atoms with van der Waals surface area (Å²) in [5.74, 6) is 0.770. The molecule has 1 saturated carbocycles. The van der Waals surface area contributed by atoms with Gasteiger partial charge < -0.3 is 9.84 Å². The number of aliphatic hydroxyl groups excluding tert-OH is 1. The molecule has 1 aromatic heterocycles. The summed E-state index contributed by atoms with van der Waals surface area (Å²) in [7, 11) is -1.41. The molecular weight excluding hydrogens is 284 g/mol. The van der Waals surface area contributed by atoms with Crippen molar-refractivity contribution in [1.82, 2.24) is 0 Å². The number of sulfone groups is 1. The molecule has 1 aromatic rings. The van der Waals surface area contributed by atoms with E-state index < -0.39 is 15.9 Å². The fourth-order valence-electron chi connectivity index (χ4n) is 2.69. The molecule has 108 valence electrons. The highest BCUT2D eigenvalue weighted by molar-refractivity contribution is 7.91. The van der Waals surface area contributed by atoms with Crippen molar-refractivity contribution in [3.8, 4) is 5.75 Å². The zero-order valence-corrected chi connectivity index (χ0v) is 12.8. The van der Waals surface area contributed by atoms with Crippen molar-refractivity contribution in [1.29, 1.82) is 0 Å². The molecule has 0 aliphatic heterocycles. The van der Waals surface area contributed by atoms with Crippen LogP contribution in [0.25, 0.3) is 0 Å². The molecular formula is C13H20O4S2. The maximum absolute atomic E-state index is 11.6. The minimum absolute atomic E-state index is 0.0248. The van der Waals surface area contributed by atoms with E-state index in [0.29, 0.717) is 6.42 Å². The summed E-state index contributed by atoms with van der Waals surface area (Å²) < 4.78 is 28.4. The van der Waals surface area contributed by atoms with Gasteiger partial charge in [0.15, 0.2) is 0 Å². The number of ether oxygens (including phenoxy) is 1. The van der Waals surface area contributed by atoms with Gasteiger partial charge in [-0.05, 0) is 31.2 Å². The maximum Gasteiger partial charge on any atom is 0.150 e. The fourth-order valence-corrected chi connectivity index (χ4v) is 4.81. The van der Waals surface area contributed by atoms with E-state index in [9.17, 15) is 13.5 Å². The van der Waals surface area contributed by atoms with Crippen LogP contribution in [-0.2, 0) is 9.84 Å². The molecule has 0 spiro atoms. The molecule has 3 atom stereocenters. The van der Waals surface area contributed by atoms with E-state index in [1.807, 2.05) is 11.4 Å². The Morgan fingerprint density at radius 3 is 2.79 bits per heavy atom. The second kappa shape index (κ2) is 5.81. The smallest absolute Gasteiger partial charge is 0.150 e. The van der Waals surface area contributed by atoms with Crippen molar-refractivity contribution in [2.75, 3.05) is 13.4 Å². The van der Waals surface area contributed by atoms with E-state index in [0.717, 1.165) is 29.9 Å². The van der Waals surface area contributed by atoms with Gasteiger partial charge in [-0.3, -0.25) is 0 Å². The van der Waals surface area contributed by atoms with Crippen molar-refractivity contribution in [2.45, 2.75) is 37.0 Å². The van der Waals surface area contributed by atoms with Crippen LogP contribution in [0.15, 0.2) is 11.4 Å². The number of methoxy groups -OCH3 is 1. The zero-order valence-electron chi connectivity index (χ0n) is 11.2. The van der Waals surface area contributed by atoms with E-state index in [1.54, 1.807) is 7.11 Å². The minimum Gasteiger partial charge on any atom is -0.496 e. The van der Waals surface area contributed by atoms with Gasteiger partial charge in [-0.15, -0.1) is 11.3 Å². The summed E-state index contributed by atoms with van der Waals surface area (Å²) in [6.07, 6.45) is 3.73. The van der Waals surface area contributed by atoms with Crippen LogP contribution >= 0.6 is 11.3 Å². The molecule has 6 heteroatoms. The Kier molecular flexibility index (Phi) is 4.53. The van der Waals surface area contributed by atoms with Gasteiger partial charge in [0, 0.05) is 16.5 Å². The second-order valence-corrected chi connectivity index (χ2v) is 8.48. The largest absolute Gasteiger partial charge is 0.496 e. The molecule has 1 N–H and O–H groups in total. The number of aliphatic hydroxyl groups is 1. The van der Waals surface area contributed by atoms with Crippen LogP contribution < -0.4 is 4.74 Å². The van der Waals surface area contributed by atoms with E-state index in [2.05, 4.69) is 0 Å². The van der Waals surface area contributed by atoms with Crippen molar-refractivity contribution < 1.29 is 18.3 Å². The average Bonchev–Trinajstić information content (AvgIpc) is 2.86. The Balaban J connectivity index is 2.08. The van der Waals surface area contributed by atoms with Crippen molar-refractivity contribution in [3.63, 3.8) is 0 Å². The van der Waals surface area contributed by atoms with E-state index >= 15 is 0 Å². The first-order chi connectivity index (χ1) is 8.91. The van der Waals surface area contributed by atoms with Crippen LogP contribution in [-0.4, -0.2) is 32.1 Å². The Labute approximate surface area is 118 Å². The highest BCUT2D eigenvalue weighted by Crippen LogP contribution is 2.39. The first-order valence-corrected chi connectivity index (χ1v) is 9.24. The molecule has 1 heterocycles. The summed E-state index contributed by atoms with van der Waals surface area (Å²) in [4.78, 5) is 0.857. The zero-order chi connectivity index (χ0) is 14.0. The molecule has 1 aliphatic rings. The molecule has 1 fully saturated rings. The van der Waals surface area contributed by atoms with E-state index in [4.69, 9.17) is 4.74 Å². The average molecular weight is 304 g/mol. The molecule has 0 radical (unpaired) electrons. The number of thiophene rings is 1. The normalized spacial score (nSPS) is 26.1. The lowest BCUT2D eigenvalue weighted by atomic mass is 9.84. The summed E-state index contributed by atoms with van der Waals surface area (Å²) in [6, 6.07) is 1.83. The van der Waals surface area contributed by atoms with Crippen molar-refractivity contribution in [3.05, 3.63) is 16.3 Å². The van der Waals surface area contributed by atoms with Crippen LogP contribution in [0.5, 0.6) is 5.75 Å². The first kappa shape index (κ1) is 14.8. The summed E-state index contributed by atoms with van der Waals surface area (Å²) >= 11 is 1.46. The van der Waals surface area contributed by atoms with Gasteiger partial charge in [0.1, 0.15) is 15.6 Å². The first-order valence-electron chi connectivity index (χ1n) is 6.41. The standard InChI is InChI=1S/C13H20O4S2/c1-17-10-7-12(18-8-10)13(14)9-4-3-5-11(6-9)19(2,15)16/h7-9,11,13-14H,3-6H2,1-2H3. The third-order valence-corrected chi connectivity index (χ3v) is 6.46. The quantitative estimate of drug-likeness (QED) is 0.927. The van der Waals surface area contributed by atoms with Gasteiger partial charge in [0.2, 0.25) is 0 Å². The monoisotopic (exact) mass is 304 g/mol. The van der Waals surface area contributed by atoms with Crippen LogP contribution in [0.4, 0.5) is 0 Å². The van der Waals surface area contributed by atoms with Crippen LogP contribution in [0.1, 0.15) is 36.7 Å². The van der Waals surface area contributed by atoms with Crippen molar-refractivity contribution >= 4 is 21.2 Å². The van der Waals surface area contributed by atoms with Gasteiger partial charge in [-0.1, -0.05) is 6.42 Å². The SMILES string of the molecule is COc1csc(C(O)C2CCCC(S(C)(=O)=O)C2)c1. The molecule has 4 nitrogen and oxygen atoms in total. The van der Waals surface area contributed by atoms with Crippen molar-refractivity contribution in [2.24, 2.45) is 5.92 Å². The summed E-state index contributed by atoms with van der Waals surface area (Å²) in [5.41, 5.74) is 0. The molecule has 3 unspecified atom stereocenters.